The molecule has 0 spiro atoms. The Bertz CT molecular complexity index is 463. The molecule has 0 aromatic heterocycles. The van der Waals surface area contributed by atoms with Gasteiger partial charge in [-0.15, -0.1) is 12.4 Å². The monoisotopic (exact) mass is 290 g/mol. The lowest BCUT2D eigenvalue weighted by atomic mass is 10.0. The minimum absolute atomic E-state index is 0. The largest absolute Gasteiger partial charge is 0.500 e. The highest BCUT2D eigenvalue weighted by Crippen LogP contribution is 2.38. The molecule has 19 heavy (non-hydrogen) atoms. The standard InChI is InChI=1S/C11H14N2O5.ClH/c1-17-10-5-7(8-6-18-3-2-12-8)4-9(11(10)14)13(15)16;/h4-5,8,12,14H,2-3,6H2,1H3;1H/t8-;/m0./s1. The highest BCUT2D eigenvalue weighted by molar-refractivity contribution is 5.85. The van der Waals surface area contributed by atoms with Crippen molar-refractivity contribution < 1.29 is 19.5 Å². The van der Waals surface area contributed by atoms with E-state index in [2.05, 4.69) is 5.32 Å². The zero-order valence-electron chi connectivity index (χ0n) is 10.3. The Hall–Kier alpha value is -1.57. The molecule has 0 bridgehead atoms. The van der Waals surface area contributed by atoms with Crippen LogP contribution in [0, 0.1) is 10.1 Å². The predicted octanol–water partition coefficient (Wildman–Crippen LogP) is 1.39. The van der Waals surface area contributed by atoms with Gasteiger partial charge in [0.25, 0.3) is 0 Å². The molecule has 0 unspecified atom stereocenters. The van der Waals surface area contributed by atoms with Crippen molar-refractivity contribution in [3.63, 3.8) is 0 Å². The average Bonchev–Trinajstić information content (AvgIpc) is 2.39. The van der Waals surface area contributed by atoms with Gasteiger partial charge in [-0.25, -0.2) is 0 Å². The molecule has 1 aromatic rings. The average molecular weight is 291 g/mol. The second-order valence-electron chi connectivity index (χ2n) is 3.93. The number of morpholine rings is 1. The van der Waals surface area contributed by atoms with E-state index in [1.54, 1.807) is 6.07 Å². The molecule has 1 fully saturated rings. The van der Waals surface area contributed by atoms with Crippen molar-refractivity contribution in [2.75, 3.05) is 26.9 Å². The first-order chi connectivity index (χ1) is 8.63. The van der Waals surface area contributed by atoms with Gasteiger partial charge in [-0.3, -0.25) is 10.1 Å². The molecule has 2 rings (SSSR count). The minimum atomic E-state index is -0.634. The zero-order valence-corrected chi connectivity index (χ0v) is 11.1. The smallest absolute Gasteiger partial charge is 0.314 e. The molecule has 1 heterocycles. The fraction of sp³-hybridized carbons (Fsp3) is 0.455. The van der Waals surface area contributed by atoms with Crippen molar-refractivity contribution in [3.8, 4) is 11.5 Å². The molecule has 8 heteroatoms. The Labute approximate surface area is 116 Å². The number of nitrogens with one attached hydrogen (secondary N) is 1. The molecule has 0 aliphatic carbocycles. The van der Waals surface area contributed by atoms with E-state index in [0.717, 1.165) is 0 Å². The summed E-state index contributed by atoms with van der Waals surface area (Å²) in [6, 6.07) is 2.78. The van der Waals surface area contributed by atoms with Crippen LogP contribution < -0.4 is 10.1 Å². The molecular weight excluding hydrogens is 276 g/mol. The van der Waals surface area contributed by atoms with Crippen LogP contribution in [-0.4, -0.2) is 36.9 Å². The summed E-state index contributed by atoms with van der Waals surface area (Å²) >= 11 is 0. The maximum Gasteiger partial charge on any atom is 0.314 e. The summed E-state index contributed by atoms with van der Waals surface area (Å²) in [4.78, 5) is 10.2. The van der Waals surface area contributed by atoms with Crippen LogP contribution in [0.1, 0.15) is 11.6 Å². The normalized spacial score (nSPS) is 18.5. The number of phenols is 1. The molecule has 0 radical (unpaired) electrons. The van der Waals surface area contributed by atoms with Gasteiger partial charge in [0.2, 0.25) is 5.75 Å². The van der Waals surface area contributed by atoms with Gasteiger partial charge < -0.3 is 19.9 Å². The lowest BCUT2D eigenvalue weighted by molar-refractivity contribution is -0.386. The molecule has 1 aromatic carbocycles. The quantitative estimate of drug-likeness (QED) is 0.645. The third-order valence-corrected chi connectivity index (χ3v) is 2.82. The van der Waals surface area contributed by atoms with E-state index in [9.17, 15) is 15.2 Å². The second kappa shape index (κ2) is 6.55. The molecule has 1 saturated heterocycles. The lowest BCUT2D eigenvalue weighted by Gasteiger charge is -2.24. The van der Waals surface area contributed by atoms with E-state index in [1.165, 1.54) is 13.2 Å². The Kier molecular flexibility index (Phi) is 5.34. The van der Waals surface area contributed by atoms with Crippen LogP contribution in [0.2, 0.25) is 0 Å². The highest BCUT2D eigenvalue weighted by Gasteiger charge is 2.24. The number of nitro groups is 1. The maximum absolute atomic E-state index is 10.9. The predicted molar refractivity (Wildman–Crippen MR) is 70.1 cm³/mol. The highest BCUT2D eigenvalue weighted by atomic mass is 35.5. The second-order valence-corrected chi connectivity index (χ2v) is 3.93. The Morgan fingerprint density at radius 3 is 2.84 bits per heavy atom. The number of rotatable bonds is 3. The first-order valence-electron chi connectivity index (χ1n) is 5.50. The van der Waals surface area contributed by atoms with Gasteiger partial charge in [0.05, 0.1) is 31.3 Å². The van der Waals surface area contributed by atoms with Crippen molar-refractivity contribution >= 4 is 18.1 Å². The first kappa shape index (κ1) is 15.5. The molecular formula is C11H15ClN2O5. The Balaban J connectivity index is 0.00000180. The number of nitro benzene ring substituents is 1. The van der Waals surface area contributed by atoms with Crippen LogP contribution in [0.5, 0.6) is 11.5 Å². The van der Waals surface area contributed by atoms with Crippen molar-refractivity contribution in [1.82, 2.24) is 5.32 Å². The molecule has 0 saturated carbocycles. The van der Waals surface area contributed by atoms with Crippen molar-refractivity contribution in [2.24, 2.45) is 0 Å². The number of benzene rings is 1. The van der Waals surface area contributed by atoms with Crippen LogP contribution in [0.3, 0.4) is 0 Å². The first-order valence-corrected chi connectivity index (χ1v) is 5.50. The van der Waals surface area contributed by atoms with Crippen molar-refractivity contribution in [2.45, 2.75) is 6.04 Å². The Morgan fingerprint density at radius 2 is 2.32 bits per heavy atom. The van der Waals surface area contributed by atoms with Crippen LogP contribution in [0.15, 0.2) is 12.1 Å². The third kappa shape index (κ3) is 3.25. The van der Waals surface area contributed by atoms with E-state index in [0.29, 0.717) is 25.3 Å². The van der Waals surface area contributed by atoms with E-state index in [1.807, 2.05) is 0 Å². The van der Waals surface area contributed by atoms with Crippen LogP contribution in [0.4, 0.5) is 5.69 Å². The van der Waals surface area contributed by atoms with Crippen LogP contribution >= 0.6 is 12.4 Å². The fourth-order valence-corrected chi connectivity index (χ4v) is 1.89. The molecule has 1 aliphatic rings. The van der Waals surface area contributed by atoms with Gasteiger partial charge in [0.15, 0.2) is 5.75 Å². The van der Waals surface area contributed by atoms with Crippen molar-refractivity contribution in [1.29, 1.82) is 0 Å². The number of methoxy groups -OCH3 is 1. The van der Waals surface area contributed by atoms with Gasteiger partial charge in [-0.05, 0) is 11.6 Å². The van der Waals surface area contributed by atoms with Crippen molar-refractivity contribution in [3.05, 3.63) is 27.8 Å². The summed E-state index contributed by atoms with van der Waals surface area (Å²) < 4.78 is 10.2. The van der Waals surface area contributed by atoms with E-state index in [-0.39, 0.29) is 29.9 Å². The Morgan fingerprint density at radius 1 is 1.58 bits per heavy atom. The van der Waals surface area contributed by atoms with E-state index in [4.69, 9.17) is 9.47 Å². The number of phenolic OH excluding ortho intramolecular Hbond substituents is 1. The summed E-state index contributed by atoms with van der Waals surface area (Å²) in [7, 11) is 1.35. The molecule has 106 valence electrons. The number of aromatic hydroxyl groups is 1. The van der Waals surface area contributed by atoms with Gasteiger partial charge in [-0.2, -0.15) is 0 Å². The number of hydrogen-bond donors (Lipinski definition) is 2. The van der Waals surface area contributed by atoms with E-state index >= 15 is 0 Å². The summed E-state index contributed by atoms with van der Waals surface area (Å²) in [5.74, 6) is -0.366. The summed E-state index contributed by atoms with van der Waals surface area (Å²) in [6.45, 7) is 1.74. The van der Waals surface area contributed by atoms with Crippen LogP contribution in [-0.2, 0) is 4.74 Å². The van der Waals surface area contributed by atoms with Crippen LogP contribution in [0.25, 0.3) is 0 Å². The molecule has 0 amide bonds. The number of ether oxygens (including phenoxy) is 2. The minimum Gasteiger partial charge on any atom is -0.500 e. The molecule has 2 N–H and O–H groups in total. The maximum atomic E-state index is 10.9. The SMILES string of the molecule is COc1cc([C@@H]2COCCN2)cc([N+](=O)[O-])c1O.Cl. The third-order valence-electron chi connectivity index (χ3n) is 2.82. The topological polar surface area (TPSA) is 93.9 Å². The molecule has 1 aliphatic heterocycles. The van der Waals surface area contributed by atoms with Gasteiger partial charge in [0, 0.05) is 12.6 Å². The summed E-state index contributed by atoms with van der Waals surface area (Å²) in [5.41, 5.74) is 0.299. The summed E-state index contributed by atoms with van der Waals surface area (Å²) in [6.07, 6.45) is 0. The molecule has 1 atom stereocenters. The molecule has 7 nitrogen and oxygen atoms in total. The number of hydrogen-bond acceptors (Lipinski definition) is 6. The number of nitrogens with zero attached hydrogens (tertiary/aromatic N) is 1. The zero-order chi connectivity index (χ0) is 13.1. The van der Waals surface area contributed by atoms with Gasteiger partial charge in [-0.1, -0.05) is 0 Å². The lowest BCUT2D eigenvalue weighted by Crippen LogP contribution is -2.34. The fourth-order valence-electron chi connectivity index (χ4n) is 1.89. The summed E-state index contributed by atoms with van der Waals surface area (Å²) in [5, 5.41) is 23.7. The number of halogens is 1. The van der Waals surface area contributed by atoms with Gasteiger partial charge in [0.1, 0.15) is 0 Å². The van der Waals surface area contributed by atoms with E-state index < -0.39 is 10.7 Å². The van der Waals surface area contributed by atoms with Gasteiger partial charge >= 0.3 is 5.69 Å².